The number of carbonyl (C=O) groups is 1. The third-order valence-corrected chi connectivity index (χ3v) is 7.18. The average Bonchev–Trinajstić information content (AvgIpc) is 3.40. The number of imidazole rings is 1. The van der Waals surface area contributed by atoms with Gasteiger partial charge in [-0.3, -0.25) is 10.1 Å². The fourth-order valence-corrected chi connectivity index (χ4v) is 5.32. The van der Waals surface area contributed by atoms with E-state index in [1.807, 2.05) is 6.07 Å². The van der Waals surface area contributed by atoms with Crippen LogP contribution in [0.15, 0.2) is 47.3 Å². The first-order chi connectivity index (χ1) is 13.9. The molecule has 1 saturated heterocycles. The Hall–Kier alpha value is -2.63. The second-order valence-corrected chi connectivity index (χ2v) is 9.60. The number of rotatable bonds is 5. The minimum atomic E-state index is -3.66. The molecule has 0 spiro atoms. The summed E-state index contributed by atoms with van der Waals surface area (Å²) in [6, 6.07) is 5.24. The number of nitrogens with zero attached hydrogens (tertiary/aromatic N) is 5. The quantitative estimate of drug-likeness (QED) is 0.661. The zero-order valence-corrected chi connectivity index (χ0v) is 17.4. The van der Waals surface area contributed by atoms with Crippen LogP contribution in [-0.2, 0) is 17.1 Å². The van der Waals surface area contributed by atoms with Gasteiger partial charge < -0.3 is 4.57 Å². The molecule has 1 aliphatic rings. The monoisotopic (exact) mass is 432 g/mol. The lowest BCUT2D eigenvalue weighted by molar-refractivity contribution is 0.102. The van der Waals surface area contributed by atoms with Crippen LogP contribution in [0.1, 0.15) is 34.9 Å². The van der Waals surface area contributed by atoms with Crippen molar-refractivity contribution in [2.24, 2.45) is 7.05 Å². The van der Waals surface area contributed by atoms with Crippen molar-refractivity contribution in [2.75, 3.05) is 18.4 Å². The molecule has 3 aromatic heterocycles. The molecule has 152 valence electrons. The predicted molar refractivity (Wildman–Crippen MR) is 108 cm³/mol. The van der Waals surface area contributed by atoms with Crippen LogP contribution in [0.4, 0.5) is 5.13 Å². The van der Waals surface area contributed by atoms with E-state index in [9.17, 15) is 13.2 Å². The van der Waals surface area contributed by atoms with Gasteiger partial charge in [0, 0.05) is 49.5 Å². The van der Waals surface area contributed by atoms with Crippen LogP contribution >= 0.6 is 11.3 Å². The summed E-state index contributed by atoms with van der Waals surface area (Å²) in [6.07, 6.45) is 6.11. The van der Waals surface area contributed by atoms with Crippen LogP contribution in [0.2, 0.25) is 0 Å². The first-order valence-corrected chi connectivity index (χ1v) is 11.4. The minimum Gasteiger partial charge on any atom is -0.339 e. The third kappa shape index (κ3) is 4.21. The number of nitrogens with one attached hydrogen (secondary N) is 1. The van der Waals surface area contributed by atoms with Gasteiger partial charge in [-0.1, -0.05) is 6.07 Å². The molecule has 4 rings (SSSR count). The molecule has 0 aliphatic carbocycles. The normalized spacial score (nSPS) is 17.9. The summed E-state index contributed by atoms with van der Waals surface area (Å²) in [7, 11) is -1.92. The number of aromatic nitrogens is 4. The number of piperidine rings is 1. The molecular weight excluding hydrogens is 412 g/mol. The summed E-state index contributed by atoms with van der Waals surface area (Å²) >= 11 is 1.33. The van der Waals surface area contributed by atoms with Gasteiger partial charge in [0.2, 0.25) is 0 Å². The van der Waals surface area contributed by atoms with E-state index < -0.39 is 10.0 Å². The molecule has 1 fully saturated rings. The van der Waals surface area contributed by atoms with Crippen molar-refractivity contribution in [1.82, 2.24) is 23.8 Å². The van der Waals surface area contributed by atoms with Crippen molar-refractivity contribution in [3.8, 4) is 0 Å². The van der Waals surface area contributed by atoms with Crippen LogP contribution in [0, 0.1) is 0 Å². The largest absolute Gasteiger partial charge is 0.339 e. The zero-order valence-electron chi connectivity index (χ0n) is 15.7. The topological polar surface area (TPSA) is 110 Å². The molecule has 1 N–H and O–H groups in total. The van der Waals surface area contributed by atoms with Gasteiger partial charge in [-0.15, -0.1) is 11.3 Å². The molecule has 4 heterocycles. The molecule has 0 radical (unpaired) electrons. The van der Waals surface area contributed by atoms with E-state index in [-0.39, 0.29) is 22.5 Å². The number of hydrogen-bond acceptors (Lipinski definition) is 7. The van der Waals surface area contributed by atoms with Crippen molar-refractivity contribution in [2.45, 2.75) is 23.8 Å². The number of sulfonamides is 1. The van der Waals surface area contributed by atoms with Gasteiger partial charge in [0.15, 0.2) is 10.2 Å². The molecule has 1 amide bonds. The van der Waals surface area contributed by atoms with Crippen molar-refractivity contribution in [1.29, 1.82) is 0 Å². The maximum Gasteiger partial charge on any atom is 0.276 e. The van der Waals surface area contributed by atoms with Crippen LogP contribution in [0.3, 0.4) is 0 Å². The maximum absolute atomic E-state index is 12.9. The van der Waals surface area contributed by atoms with E-state index in [4.69, 9.17) is 0 Å². The van der Waals surface area contributed by atoms with Gasteiger partial charge in [0.25, 0.3) is 15.9 Å². The van der Waals surface area contributed by atoms with E-state index in [1.165, 1.54) is 28.2 Å². The summed E-state index contributed by atoms with van der Waals surface area (Å²) in [5.41, 5.74) is 0.986. The second kappa shape index (κ2) is 8.01. The van der Waals surface area contributed by atoms with Gasteiger partial charge in [-0.05, 0) is 25.0 Å². The van der Waals surface area contributed by atoms with Crippen molar-refractivity contribution in [3.05, 3.63) is 53.7 Å². The second-order valence-electron chi connectivity index (χ2n) is 6.82. The van der Waals surface area contributed by atoms with Gasteiger partial charge in [-0.2, -0.15) is 4.31 Å². The lowest BCUT2D eigenvalue weighted by Crippen LogP contribution is -2.39. The smallest absolute Gasteiger partial charge is 0.276 e. The highest BCUT2D eigenvalue weighted by Gasteiger charge is 2.33. The van der Waals surface area contributed by atoms with Crippen LogP contribution in [-0.4, -0.2) is 51.2 Å². The molecule has 29 heavy (non-hydrogen) atoms. The first-order valence-electron chi connectivity index (χ1n) is 9.09. The van der Waals surface area contributed by atoms with E-state index >= 15 is 0 Å². The van der Waals surface area contributed by atoms with Crippen LogP contribution < -0.4 is 5.32 Å². The highest BCUT2D eigenvalue weighted by atomic mass is 32.2. The van der Waals surface area contributed by atoms with Crippen LogP contribution in [0.25, 0.3) is 0 Å². The average molecular weight is 433 g/mol. The molecule has 0 bridgehead atoms. The number of pyridine rings is 1. The highest BCUT2D eigenvalue weighted by molar-refractivity contribution is 7.89. The number of hydrogen-bond donors (Lipinski definition) is 1. The Balaban J connectivity index is 1.52. The van der Waals surface area contributed by atoms with Gasteiger partial charge in [-0.25, -0.2) is 23.4 Å². The molecule has 1 atom stereocenters. The zero-order chi connectivity index (χ0) is 20.4. The van der Waals surface area contributed by atoms with Crippen molar-refractivity contribution in [3.63, 3.8) is 0 Å². The summed E-state index contributed by atoms with van der Waals surface area (Å²) in [5, 5.41) is 5.04. The first kappa shape index (κ1) is 19.7. The van der Waals surface area contributed by atoms with Gasteiger partial charge >= 0.3 is 0 Å². The molecule has 11 heteroatoms. The number of amides is 1. The number of carbonyl (C=O) groups excluding carboxylic acids is 1. The SMILES string of the molecule is Cn1cnc(S(=O)(=O)N2CCCC(c3cccc(C(=O)Nc4nccs4)n3)C2)c1. The maximum atomic E-state index is 12.9. The Morgan fingerprint density at radius 2 is 2.17 bits per heavy atom. The summed E-state index contributed by atoms with van der Waals surface area (Å²) in [4.78, 5) is 25.0. The molecule has 1 unspecified atom stereocenters. The fourth-order valence-electron chi connectivity index (χ4n) is 3.31. The van der Waals surface area contributed by atoms with E-state index in [0.717, 1.165) is 6.42 Å². The lowest BCUT2D eigenvalue weighted by Gasteiger charge is -2.31. The van der Waals surface area contributed by atoms with E-state index in [0.29, 0.717) is 30.3 Å². The predicted octanol–water partition coefficient (Wildman–Crippen LogP) is 2.09. The summed E-state index contributed by atoms with van der Waals surface area (Å²) in [5.74, 6) is -0.426. The summed E-state index contributed by atoms with van der Waals surface area (Å²) in [6.45, 7) is 0.753. The Labute approximate surface area is 172 Å². The molecule has 0 saturated carbocycles. The van der Waals surface area contributed by atoms with Gasteiger partial charge in [0.05, 0.1) is 6.33 Å². The van der Waals surface area contributed by atoms with Crippen molar-refractivity contribution >= 4 is 32.4 Å². The number of aryl methyl sites for hydroxylation is 1. The van der Waals surface area contributed by atoms with E-state index in [1.54, 1.807) is 35.3 Å². The third-order valence-electron chi connectivity index (χ3n) is 4.74. The molecule has 1 aliphatic heterocycles. The molecule has 0 aromatic carbocycles. The van der Waals surface area contributed by atoms with Crippen molar-refractivity contribution < 1.29 is 13.2 Å². The minimum absolute atomic E-state index is 0.0465. The molecular formula is C18H20N6O3S2. The molecule has 3 aromatic rings. The lowest BCUT2D eigenvalue weighted by atomic mass is 9.95. The Kier molecular flexibility index (Phi) is 5.43. The van der Waals surface area contributed by atoms with Gasteiger partial charge in [0.1, 0.15) is 5.69 Å². The highest BCUT2D eigenvalue weighted by Crippen LogP contribution is 2.29. The van der Waals surface area contributed by atoms with E-state index in [2.05, 4.69) is 20.3 Å². The number of anilines is 1. The number of thiazole rings is 1. The standard InChI is InChI=1S/C18H20N6O3S2/c1-23-11-16(20-12-23)29(26,27)24-8-3-4-13(10-24)14-5-2-6-15(21-14)17(25)22-18-19-7-9-28-18/h2,5-7,9,11-13H,3-4,8,10H2,1H3,(H,19,22,25). The fraction of sp³-hybridized carbons (Fsp3) is 0.333. The Morgan fingerprint density at radius 1 is 1.31 bits per heavy atom. The Morgan fingerprint density at radius 3 is 2.90 bits per heavy atom. The molecule has 9 nitrogen and oxygen atoms in total. The van der Waals surface area contributed by atoms with Crippen LogP contribution in [0.5, 0.6) is 0 Å². The Bertz CT molecular complexity index is 1110. The summed E-state index contributed by atoms with van der Waals surface area (Å²) < 4.78 is 28.8.